The molecule has 1 aromatic carbocycles. The number of aromatic nitrogens is 2. The van der Waals surface area contributed by atoms with Gasteiger partial charge < -0.3 is 10.1 Å². The summed E-state index contributed by atoms with van der Waals surface area (Å²) in [6, 6.07) is 8.02. The van der Waals surface area contributed by atoms with Crippen molar-refractivity contribution < 1.29 is 9.90 Å². The highest BCUT2D eigenvalue weighted by Crippen LogP contribution is 2.11. The van der Waals surface area contributed by atoms with Gasteiger partial charge in [0.05, 0.1) is 0 Å². The molecule has 0 aliphatic carbocycles. The Morgan fingerprint density at radius 3 is 2.35 bits per heavy atom. The van der Waals surface area contributed by atoms with Gasteiger partial charge in [0.2, 0.25) is 11.5 Å². The maximum atomic E-state index is 11.9. The first kappa shape index (κ1) is 10.9. The van der Waals surface area contributed by atoms with Crippen molar-refractivity contribution in [2.75, 3.05) is 0 Å². The number of rotatable bonds is 2. The molecule has 0 aliphatic heterocycles. The number of hydrogen-bond acceptors (Lipinski definition) is 4. The first-order valence-corrected chi connectivity index (χ1v) is 4.75. The van der Waals surface area contributed by atoms with E-state index in [2.05, 4.69) is 4.98 Å². The van der Waals surface area contributed by atoms with Crippen molar-refractivity contribution in [3.05, 3.63) is 62.4 Å². The van der Waals surface area contributed by atoms with Crippen molar-refractivity contribution >= 4 is 5.78 Å². The maximum absolute atomic E-state index is 11.9. The van der Waals surface area contributed by atoms with Crippen LogP contribution in [0.4, 0.5) is 0 Å². The van der Waals surface area contributed by atoms with Crippen molar-refractivity contribution in [2.24, 2.45) is 0 Å². The molecule has 3 N–H and O–H groups in total. The SMILES string of the molecule is O=C(c1ccccc1)c1[nH]c(=O)[nH]c(=O)c1O. The number of carbonyl (C=O) groups is 1. The Bertz CT molecular complexity index is 670. The van der Waals surface area contributed by atoms with Crippen molar-refractivity contribution in [3.8, 4) is 5.75 Å². The molecule has 0 fully saturated rings. The van der Waals surface area contributed by atoms with Gasteiger partial charge in [0.15, 0.2) is 0 Å². The molecule has 17 heavy (non-hydrogen) atoms. The van der Waals surface area contributed by atoms with E-state index in [4.69, 9.17) is 0 Å². The first-order chi connectivity index (χ1) is 8.09. The summed E-state index contributed by atoms with van der Waals surface area (Å²) in [5, 5.41) is 9.42. The molecule has 0 spiro atoms. The number of carbonyl (C=O) groups excluding carboxylic acids is 1. The molecule has 0 unspecified atom stereocenters. The van der Waals surface area contributed by atoms with E-state index in [-0.39, 0.29) is 5.56 Å². The summed E-state index contributed by atoms with van der Waals surface area (Å²) in [5.41, 5.74) is -1.98. The third kappa shape index (κ3) is 2.00. The number of H-pyrrole nitrogens is 2. The summed E-state index contributed by atoms with van der Waals surface area (Å²) in [5.74, 6) is -1.41. The van der Waals surface area contributed by atoms with Crippen LogP contribution in [0.3, 0.4) is 0 Å². The van der Waals surface area contributed by atoms with Gasteiger partial charge in [-0.1, -0.05) is 30.3 Å². The number of hydrogen-bond donors (Lipinski definition) is 3. The third-order valence-electron chi connectivity index (χ3n) is 2.18. The van der Waals surface area contributed by atoms with E-state index in [9.17, 15) is 19.5 Å². The lowest BCUT2D eigenvalue weighted by Crippen LogP contribution is -2.25. The number of aromatic amines is 2. The first-order valence-electron chi connectivity index (χ1n) is 4.75. The predicted octanol–water partition coefficient (Wildman–Crippen LogP) is -0.000200. The fourth-order valence-corrected chi connectivity index (χ4v) is 1.38. The molecule has 0 bridgehead atoms. The summed E-state index contributed by atoms with van der Waals surface area (Å²) < 4.78 is 0. The Hall–Kier alpha value is -2.63. The minimum atomic E-state index is -0.993. The lowest BCUT2D eigenvalue weighted by atomic mass is 10.1. The standard InChI is InChI=1S/C11H8N2O4/c14-8(6-4-2-1-3-5-6)7-9(15)10(16)13-11(17)12-7/h1-5,15H,(H2,12,13,16,17). The average Bonchev–Trinajstić information content (AvgIpc) is 2.34. The van der Waals surface area contributed by atoms with Gasteiger partial charge in [0, 0.05) is 5.56 Å². The Balaban J connectivity index is 2.60. The lowest BCUT2D eigenvalue weighted by molar-refractivity contribution is 0.103. The fourth-order valence-electron chi connectivity index (χ4n) is 1.38. The minimum Gasteiger partial charge on any atom is -0.501 e. The molecule has 2 aromatic rings. The number of ketones is 1. The average molecular weight is 232 g/mol. The normalized spacial score (nSPS) is 10.1. The van der Waals surface area contributed by atoms with E-state index in [1.807, 2.05) is 4.98 Å². The lowest BCUT2D eigenvalue weighted by Gasteiger charge is -2.01. The van der Waals surface area contributed by atoms with Gasteiger partial charge in [0.25, 0.3) is 5.56 Å². The van der Waals surface area contributed by atoms with Crippen LogP contribution in [0, 0.1) is 0 Å². The summed E-state index contributed by atoms with van der Waals surface area (Å²) in [4.78, 5) is 38.0. The molecule has 6 heteroatoms. The van der Waals surface area contributed by atoms with Gasteiger partial charge in [0.1, 0.15) is 5.69 Å². The summed E-state index contributed by atoms with van der Waals surface area (Å²) >= 11 is 0. The molecular formula is C11H8N2O4. The zero-order chi connectivity index (χ0) is 12.4. The van der Waals surface area contributed by atoms with Crippen LogP contribution in [0.25, 0.3) is 0 Å². The quantitative estimate of drug-likeness (QED) is 0.634. The van der Waals surface area contributed by atoms with Crippen LogP contribution < -0.4 is 11.2 Å². The molecule has 0 aliphatic rings. The molecule has 0 saturated carbocycles. The molecule has 0 amide bonds. The van der Waals surface area contributed by atoms with E-state index in [0.29, 0.717) is 0 Å². The Labute approximate surface area is 94.6 Å². The van der Waals surface area contributed by atoms with Crippen molar-refractivity contribution in [2.45, 2.75) is 0 Å². The highest BCUT2D eigenvalue weighted by molar-refractivity contribution is 6.09. The Kier molecular flexibility index (Phi) is 2.61. The zero-order valence-electron chi connectivity index (χ0n) is 8.56. The minimum absolute atomic E-state index is 0.268. The van der Waals surface area contributed by atoms with Crippen LogP contribution in [0.1, 0.15) is 16.1 Å². The molecule has 1 heterocycles. The third-order valence-corrected chi connectivity index (χ3v) is 2.18. The molecular weight excluding hydrogens is 224 g/mol. The molecule has 0 atom stereocenters. The zero-order valence-corrected chi connectivity index (χ0v) is 8.56. The van der Waals surface area contributed by atoms with Crippen molar-refractivity contribution in [1.82, 2.24) is 9.97 Å². The van der Waals surface area contributed by atoms with E-state index < -0.39 is 28.5 Å². The Morgan fingerprint density at radius 2 is 1.71 bits per heavy atom. The van der Waals surface area contributed by atoms with E-state index in [0.717, 1.165) is 0 Å². The number of nitrogens with one attached hydrogen (secondary N) is 2. The number of benzene rings is 1. The molecule has 6 nitrogen and oxygen atoms in total. The van der Waals surface area contributed by atoms with Crippen LogP contribution in [0.5, 0.6) is 5.75 Å². The topological polar surface area (TPSA) is 103 Å². The second kappa shape index (κ2) is 4.09. The van der Waals surface area contributed by atoms with Gasteiger partial charge in [-0.25, -0.2) is 4.79 Å². The highest BCUT2D eigenvalue weighted by atomic mass is 16.3. The predicted molar refractivity (Wildman–Crippen MR) is 59.2 cm³/mol. The van der Waals surface area contributed by atoms with Gasteiger partial charge in [-0.15, -0.1) is 0 Å². The van der Waals surface area contributed by atoms with E-state index in [1.54, 1.807) is 18.2 Å². The summed E-state index contributed by atoms with van der Waals surface area (Å²) in [6.45, 7) is 0. The van der Waals surface area contributed by atoms with Gasteiger partial charge in [-0.05, 0) is 0 Å². The second-order valence-corrected chi connectivity index (χ2v) is 3.33. The van der Waals surface area contributed by atoms with Crippen molar-refractivity contribution in [1.29, 1.82) is 0 Å². The molecule has 0 saturated heterocycles. The van der Waals surface area contributed by atoms with Gasteiger partial charge >= 0.3 is 5.69 Å². The highest BCUT2D eigenvalue weighted by Gasteiger charge is 2.17. The van der Waals surface area contributed by atoms with Crippen LogP contribution in [-0.2, 0) is 0 Å². The molecule has 86 valence electrons. The van der Waals surface area contributed by atoms with E-state index >= 15 is 0 Å². The fraction of sp³-hybridized carbons (Fsp3) is 0. The van der Waals surface area contributed by atoms with Crippen molar-refractivity contribution in [3.63, 3.8) is 0 Å². The van der Waals surface area contributed by atoms with Crippen LogP contribution in [0.15, 0.2) is 39.9 Å². The Morgan fingerprint density at radius 1 is 1.06 bits per heavy atom. The van der Waals surface area contributed by atoms with Gasteiger partial charge in [-0.2, -0.15) is 0 Å². The largest absolute Gasteiger partial charge is 0.501 e. The molecule has 0 radical (unpaired) electrons. The van der Waals surface area contributed by atoms with Crippen LogP contribution in [0.2, 0.25) is 0 Å². The number of aromatic hydroxyl groups is 1. The smallest absolute Gasteiger partial charge is 0.326 e. The van der Waals surface area contributed by atoms with E-state index in [1.165, 1.54) is 12.1 Å². The molecule has 1 aromatic heterocycles. The monoisotopic (exact) mass is 232 g/mol. The van der Waals surface area contributed by atoms with Gasteiger partial charge in [-0.3, -0.25) is 14.6 Å². The van der Waals surface area contributed by atoms with Crippen LogP contribution in [-0.4, -0.2) is 20.9 Å². The van der Waals surface area contributed by atoms with Crippen LogP contribution >= 0.6 is 0 Å². The second-order valence-electron chi connectivity index (χ2n) is 3.33. The molecule has 2 rings (SSSR count). The maximum Gasteiger partial charge on any atom is 0.326 e. The summed E-state index contributed by atoms with van der Waals surface area (Å²) in [6.07, 6.45) is 0. The summed E-state index contributed by atoms with van der Waals surface area (Å²) in [7, 11) is 0.